The first kappa shape index (κ1) is 14.7. The number of phenols is 3. The van der Waals surface area contributed by atoms with E-state index < -0.39 is 28.8 Å². The van der Waals surface area contributed by atoms with Gasteiger partial charge >= 0.3 is 0 Å². The zero-order valence-corrected chi connectivity index (χ0v) is 12.2. The summed E-state index contributed by atoms with van der Waals surface area (Å²) in [7, 11) is 2.60. The first-order valence-electron chi connectivity index (χ1n) is 6.54. The number of hydrogen-bond acceptors (Lipinski definition) is 7. The average Bonchev–Trinajstić information content (AvgIpc) is 2.54. The molecule has 3 rings (SSSR count). The zero-order chi connectivity index (χ0) is 16.9. The molecule has 0 fully saturated rings. The molecule has 2 aromatic carbocycles. The molecule has 1 aliphatic carbocycles. The molecule has 0 aromatic heterocycles. The zero-order valence-electron chi connectivity index (χ0n) is 12.2. The summed E-state index contributed by atoms with van der Waals surface area (Å²) in [5.74, 6) is -3.18. The monoisotopic (exact) mass is 316 g/mol. The van der Waals surface area contributed by atoms with Crippen LogP contribution in [0, 0.1) is 0 Å². The van der Waals surface area contributed by atoms with E-state index in [0.717, 1.165) is 6.07 Å². The third-order valence-electron chi connectivity index (χ3n) is 3.74. The van der Waals surface area contributed by atoms with Gasteiger partial charge in [-0.2, -0.15) is 0 Å². The van der Waals surface area contributed by atoms with Crippen molar-refractivity contribution in [2.45, 2.75) is 0 Å². The molecule has 0 saturated heterocycles. The van der Waals surface area contributed by atoms with Crippen molar-refractivity contribution in [3.63, 3.8) is 0 Å². The number of carbonyl (C=O) groups excluding carboxylic acids is 2. The second-order valence-electron chi connectivity index (χ2n) is 4.90. The second kappa shape index (κ2) is 4.91. The highest BCUT2D eigenvalue weighted by atomic mass is 16.5. The van der Waals surface area contributed by atoms with Crippen molar-refractivity contribution in [2.24, 2.45) is 0 Å². The second-order valence-corrected chi connectivity index (χ2v) is 4.90. The van der Waals surface area contributed by atoms with Crippen LogP contribution in [-0.2, 0) is 0 Å². The molecule has 23 heavy (non-hydrogen) atoms. The van der Waals surface area contributed by atoms with E-state index in [-0.39, 0.29) is 33.8 Å². The quantitative estimate of drug-likeness (QED) is 0.615. The van der Waals surface area contributed by atoms with Crippen LogP contribution in [0.4, 0.5) is 0 Å². The van der Waals surface area contributed by atoms with Gasteiger partial charge in [0.1, 0.15) is 0 Å². The Hall–Kier alpha value is -3.22. The van der Waals surface area contributed by atoms with Crippen molar-refractivity contribution < 1.29 is 34.4 Å². The Balaban J connectivity index is 2.38. The molecule has 0 spiro atoms. The van der Waals surface area contributed by atoms with Gasteiger partial charge < -0.3 is 24.8 Å². The van der Waals surface area contributed by atoms with Gasteiger partial charge in [-0.15, -0.1) is 0 Å². The van der Waals surface area contributed by atoms with E-state index >= 15 is 0 Å². The molecule has 2 aromatic rings. The summed E-state index contributed by atoms with van der Waals surface area (Å²) < 4.78 is 10.1. The Labute approximate surface area is 130 Å². The van der Waals surface area contributed by atoms with Gasteiger partial charge in [0.05, 0.1) is 25.3 Å². The third kappa shape index (κ3) is 1.83. The van der Waals surface area contributed by atoms with Gasteiger partial charge in [-0.3, -0.25) is 9.59 Å². The van der Waals surface area contributed by atoms with Gasteiger partial charge in [-0.25, -0.2) is 0 Å². The minimum absolute atomic E-state index is 0.0654. The minimum atomic E-state index is -0.790. The van der Waals surface area contributed by atoms with Crippen LogP contribution in [-0.4, -0.2) is 41.1 Å². The summed E-state index contributed by atoms with van der Waals surface area (Å²) in [6.45, 7) is 0. The topological polar surface area (TPSA) is 113 Å². The van der Waals surface area contributed by atoms with Crippen molar-refractivity contribution in [2.75, 3.05) is 14.2 Å². The molecular weight excluding hydrogens is 304 g/mol. The maximum Gasteiger partial charge on any atom is 0.203 e. The van der Waals surface area contributed by atoms with Gasteiger partial charge in [-0.05, 0) is 18.2 Å². The van der Waals surface area contributed by atoms with Crippen molar-refractivity contribution >= 4 is 11.6 Å². The van der Waals surface area contributed by atoms with Gasteiger partial charge in [-0.1, -0.05) is 0 Å². The standard InChI is InChI=1S/C16H12O7/c1-22-9-5-7-11(15(21)16(9)23-2)14(20)10-6(12(7)18)3-4-8(17)13(10)19/h3-5,17,19,21H,1-2H3. The predicted molar refractivity (Wildman–Crippen MR) is 77.8 cm³/mol. The number of ketones is 2. The molecule has 0 radical (unpaired) electrons. The fraction of sp³-hybridized carbons (Fsp3) is 0.125. The van der Waals surface area contributed by atoms with Crippen LogP contribution in [0.3, 0.4) is 0 Å². The van der Waals surface area contributed by atoms with Crippen LogP contribution in [0.15, 0.2) is 18.2 Å². The van der Waals surface area contributed by atoms with Crippen LogP contribution >= 0.6 is 0 Å². The number of methoxy groups -OCH3 is 2. The van der Waals surface area contributed by atoms with Gasteiger partial charge in [0.25, 0.3) is 0 Å². The van der Waals surface area contributed by atoms with E-state index in [1.54, 1.807) is 0 Å². The van der Waals surface area contributed by atoms with E-state index in [0.29, 0.717) is 0 Å². The largest absolute Gasteiger partial charge is 0.504 e. The fourth-order valence-electron chi connectivity index (χ4n) is 2.65. The molecule has 3 N–H and O–H groups in total. The van der Waals surface area contributed by atoms with E-state index in [2.05, 4.69) is 0 Å². The first-order valence-corrected chi connectivity index (χ1v) is 6.54. The lowest BCUT2D eigenvalue weighted by molar-refractivity contribution is 0.0972. The highest BCUT2D eigenvalue weighted by Crippen LogP contribution is 2.46. The van der Waals surface area contributed by atoms with E-state index in [4.69, 9.17) is 9.47 Å². The molecule has 118 valence electrons. The van der Waals surface area contributed by atoms with Gasteiger partial charge in [0.2, 0.25) is 11.5 Å². The van der Waals surface area contributed by atoms with Gasteiger partial charge in [0, 0.05) is 11.1 Å². The maximum atomic E-state index is 12.6. The van der Waals surface area contributed by atoms with Crippen LogP contribution < -0.4 is 9.47 Å². The number of benzene rings is 2. The number of fused-ring (bicyclic) bond motifs is 2. The van der Waals surface area contributed by atoms with Crippen molar-refractivity contribution in [3.8, 4) is 28.7 Å². The molecule has 0 heterocycles. The van der Waals surface area contributed by atoms with Gasteiger partial charge in [0.15, 0.2) is 28.8 Å². The summed E-state index contributed by atoms with van der Waals surface area (Å²) in [4.78, 5) is 25.2. The van der Waals surface area contributed by atoms with Crippen molar-refractivity contribution in [1.29, 1.82) is 0 Å². The highest BCUT2D eigenvalue weighted by Gasteiger charge is 2.37. The third-order valence-corrected chi connectivity index (χ3v) is 3.74. The SMILES string of the molecule is COc1cc2c(c(O)c1OC)C(=O)c1c(ccc(O)c1O)C2=O. The van der Waals surface area contributed by atoms with E-state index in [1.165, 1.54) is 26.4 Å². The Kier molecular flexibility index (Phi) is 3.14. The van der Waals surface area contributed by atoms with Crippen LogP contribution in [0.25, 0.3) is 0 Å². The Bertz CT molecular complexity index is 867. The Morgan fingerprint density at radius 2 is 1.48 bits per heavy atom. The van der Waals surface area contributed by atoms with E-state index in [9.17, 15) is 24.9 Å². The summed E-state index contributed by atoms with van der Waals surface area (Å²) in [6, 6.07) is 3.65. The summed E-state index contributed by atoms with van der Waals surface area (Å²) in [5, 5.41) is 29.8. The van der Waals surface area contributed by atoms with Crippen LogP contribution in [0.1, 0.15) is 31.8 Å². The normalized spacial score (nSPS) is 12.6. The molecule has 0 saturated carbocycles. The smallest absolute Gasteiger partial charge is 0.203 e. The Morgan fingerprint density at radius 3 is 2.09 bits per heavy atom. The molecule has 7 heteroatoms. The number of rotatable bonds is 2. The summed E-state index contributed by atoms with van der Waals surface area (Å²) in [6.07, 6.45) is 0. The maximum absolute atomic E-state index is 12.6. The lowest BCUT2D eigenvalue weighted by Gasteiger charge is -2.21. The summed E-state index contributed by atoms with van der Waals surface area (Å²) >= 11 is 0. The lowest BCUT2D eigenvalue weighted by atomic mass is 9.82. The molecule has 7 nitrogen and oxygen atoms in total. The first-order chi connectivity index (χ1) is 10.9. The number of carbonyl (C=O) groups is 2. The number of aromatic hydroxyl groups is 3. The molecule has 1 aliphatic rings. The fourth-order valence-corrected chi connectivity index (χ4v) is 2.65. The highest BCUT2D eigenvalue weighted by molar-refractivity contribution is 6.30. The van der Waals surface area contributed by atoms with E-state index in [1.807, 2.05) is 0 Å². The number of ether oxygens (including phenoxy) is 2. The summed E-state index contributed by atoms with van der Waals surface area (Å²) in [5.41, 5.74) is -0.793. The Morgan fingerprint density at radius 1 is 0.826 bits per heavy atom. The molecule has 0 unspecified atom stereocenters. The molecule has 0 amide bonds. The van der Waals surface area contributed by atoms with Crippen molar-refractivity contribution in [3.05, 3.63) is 40.5 Å². The van der Waals surface area contributed by atoms with Crippen LogP contribution in [0.5, 0.6) is 28.7 Å². The number of hydrogen-bond donors (Lipinski definition) is 3. The van der Waals surface area contributed by atoms with Crippen LogP contribution in [0.2, 0.25) is 0 Å². The average molecular weight is 316 g/mol. The van der Waals surface area contributed by atoms with Crippen molar-refractivity contribution in [1.82, 2.24) is 0 Å². The molecule has 0 aliphatic heterocycles. The lowest BCUT2D eigenvalue weighted by Crippen LogP contribution is -2.21. The molecular formula is C16H12O7. The molecule has 0 bridgehead atoms. The number of phenolic OH excluding ortho intramolecular Hbond substituents is 3. The molecule has 0 atom stereocenters. The predicted octanol–water partition coefficient (Wildman–Crippen LogP) is 1.60. The minimum Gasteiger partial charge on any atom is -0.504 e.